The minimum atomic E-state index is -0.428. The number of fused-ring (bicyclic) bond motifs is 2. The van der Waals surface area contributed by atoms with Gasteiger partial charge in [-0.2, -0.15) is 4.89 Å². The van der Waals surface area contributed by atoms with Crippen LogP contribution in [-0.2, 0) is 14.5 Å². The molecule has 2 atom stereocenters. The molecule has 2 unspecified atom stereocenters. The minimum Gasteiger partial charge on any atom is -0.315 e. The van der Waals surface area contributed by atoms with E-state index in [-0.39, 0.29) is 6.29 Å². The first-order valence-corrected chi connectivity index (χ1v) is 4.25. The maximum atomic E-state index is 5.60. The van der Waals surface area contributed by atoms with Gasteiger partial charge in [0.05, 0.1) is 0 Å². The van der Waals surface area contributed by atoms with Crippen LogP contribution in [0.3, 0.4) is 0 Å². The minimum absolute atomic E-state index is 0.105. The van der Waals surface area contributed by atoms with Gasteiger partial charge in [-0.1, -0.05) is 13.8 Å². The van der Waals surface area contributed by atoms with E-state index in [9.17, 15) is 0 Å². The van der Waals surface area contributed by atoms with Gasteiger partial charge >= 0.3 is 0 Å². The molecule has 0 aromatic rings. The van der Waals surface area contributed by atoms with E-state index in [0.29, 0.717) is 5.92 Å². The smallest absolute Gasteiger partial charge is 0.206 e. The molecule has 0 N–H and O–H groups in total. The molecule has 0 aliphatic carbocycles. The summed E-state index contributed by atoms with van der Waals surface area (Å²) in [5.41, 5.74) is 0. The summed E-state index contributed by atoms with van der Waals surface area (Å²) in [6.07, 6.45) is 2.96. The lowest BCUT2D eigenvalue weighted by Crippen LogP contribution is -2.39. The molecule has 0 amide bonds. The third-order valence-corrected chi connectivity index (χ3v) is 2.47. The molecular formula is C8H14O3. The van der Waals surface area contributed by atoms with E-state index in [2.05, 4.69) is 13.8 Å². The van der Waals surface area contributed by atoms with Gasteiger partial charge in [0.1, 0.15) is 0 Å². The average molecular weight is 158 g/mol. The summed E-state index contributed by atoms with van der Waals surface area (Å²) in [6, 6.07) is 0. The van der Waals surface area contributed by atoms with Crippen molar-refractivity contribution in [3.8, 4) is 0 Å². The van der Waals surface area contributed by atoms with E-state index in [1.807, 2.05) is 0 Å². The van der Waals surface area contributed by atoms with Gasteiger partial charge in [0.25, 0.3) is 0 Å². The molecule has 2 aliphatic heterocycles. The molecule has 3 nitrogen and oxygen atoms in total. The summed E-state index contributed by atoms with van der Waals surface area (Å²) in [6.45, 7) is 4.19. The van der Waals surface area contributed by atoms with Crippen molar-refractivity contribution in [3.05, 3.63) is 0 Å². The summed E-state index contributed by atoms with van der Waals surface area (Å²) < 4.78 is 5.60. The summed E-state index contributed by atoms with van der Waals surface area (Å²) >= 11 is 0. The number of rotatable bonds is 1. The summed E-state index contributed by atoms with van der Waals surface area (Å²) in [5, 5.41) is 0. The Morgan fingerprint density at radius 2 is 2.27 bits per heavy atom. The lowest BCUT2D eigenvalue weighted by Gasteiger charge is -2.31. The van der Waals surface area contributed by atoms with Crippen molar-refractivity contribution < 1.29 is 14.5 Å². The largest absolute Gasteiger partial charge is 0.315 e. The molecule has 64 valence electrons. The van der Waals surface area contributed by atoms with Gasteiger partial charge in [0.2, 0.25) is 5.79 Å². The second kappa shape index (κ2) is 2.44. The van der Waals surface area contributed by atoms with E-state index in [1.165, 1.54) is 0 Å². The normalized spacial score (nSPS) is 43.4. The summed E-state index contributed by atoms with van der Waals surface area (Å²) in [5.74, 6) is -0.0593. The molecule has 0 spiro atoms. The highest BCUT2D eigenvalue weighted by atomic mass is 17.3. The highest BCUT2D eigenvalue weighted by molar-refractivity contribution is 4.80. The maximum Gasteiger partial charge on any atom is 0.206 e. The Kier molecular flexibility index (Phi) is 1.67. The second-order valence-corrected chi connectivity index (χ2v) is 3.59. The first-order valence-electron chi connectivity index (χ1n) is 4.25. The van der Waals surface area contributed by atoms with Crippen LogP contribution < -0.4 is 0 Å². The predicted molar refractivity (Wildman–Crippen MR) is 38.5 cm³/mol. The van der Waals surface area contributed by atoms with Crippen LogP contribution in [0.1, 0.15) is 33.1 Å². The highest BCUT2D eigenvalue weighted by Gasteiger charge is 2.48. The van der Waals surface area contributed by atoms with Crippen LogP contribution in [0, 0.1) is 5.92 Å². The molecule has 2 saturated heterocycles. The molecular weight excluding hydrogens is 144 g/mol. The first-order chi connectivity index (χ1) is 5.23. The van der Waals surface area contributed by atoms with Crippen molar-refractivity contribution in [1.82, 2.24) is 0 Å². The zero-order valence-corrected chi connectivity index (χ0v) is 7.00. The zero-order chi connectivity index (χ0) is 7.90. The maximum absolute atomic E-state index is 5.60. The second-order valence-electron chi connectivity index (χ2n) is 3.59. The molecule has 2 rings (SSSR count). The van der Waals surface area contributed by atoms with E-state index >= 15 is 0 Å². The molecule has 2 heterocycles. The van der Waals surface area contributed by atoms with Gasteiger partial charge < -0.3 is 4.74 Å². The summed E-state index contributed by atoms with van der Waals surface area (Å²) in [4.78, 5) is 10.2. The number of ether oxygens (including phenoxy) is 1. The molecule has 3 heteroatoms. The van der Waals surface area contributed by atoms with Crippen LogP contribution in [0.25, 0.3) is 0 Å². The molecule has 2 aliphatic rings. The Morgan fingerprint density at radius 3 is 2.91 bits per heavy atom. The van der Waals surface area contributed by atoms with Crippen molar-refractivity contribution in [2.75, 3.05) is 0 Å². The van der Waals surface area contributed by atoms with Crippen molar-refractivity contribution in [2.45, 2.75) is 45.2 Å². The van der Waals surface area contributed by atoms with Crippen LogP contribution in [0.15, 0.2) is 0 Å². The van der Waals surface area contributed by atoms with Crippen LogP contribution in [0.4, 0.5) is 0 Å². The molecule has 0 saturated carbocycles. The molecule has 2 fully saturated rings. The average Bonchev–Trinajstić information content (AvgIpc) is 2.29. The van der Waals surface area contributed by atoms with Gasteiger partial charge in [-0.25, -0.2) is 4.89 Å². The standard InChI is InChI=1S/C8H14O3/c1-6(2)8-5-3-4-7(9-8)10-11-8/h6-7H,3-5H2,1-2H3. The fraction of sp³-hybridized carbons (Fsp3) is 1.00. The zero-order valence-electron chi connectivity index (χ0n) is 7.00. The van der Waals surface area contributed by atoms with Crippen molar-refractivity contribution >= 4 is 0 Å². The Hall–Kier alpha value is -0.120. The molecule has 0 radical (unpaired) electrons. The molecule has 11 heavy (non-hydrogen) atoms. The first kappa shape index (κ1) is 7.53. The fourth-order valence-corrected chi connectivity index (χ4v) is 1.64. The van der Waals surface area contributed by atoms with Crippen LogP contribution in [0.5, 0.6) is 0 Å². The van der Waals surface area contributed by atoms with E-state index < -0.39 is 5.79 Å². The van der Waals surface area contributed by atoms with Crippen molar-refractivity contribution in [2.24, 2.45) is 5.92 Å². The monoisotopic (exact) mass is 158 g/mol. The summed E-state index contributed by atoms with van der Waals surface area (Å²) in [7, 11) is 0. The quantitative estimate of drug-likeness (QED) is 0.545. The topological polar surface area (TPSA) is 27.7 Å². The third-order valence-electron chi connectivity index (χ3n) is 2.47. The molecule has 0 aromatic heterocycles. The molecule has 0 aromatic carbocycles. The van der Waals surface area contributed by atoms with Crippen LogP contribution in [-0.4, -0.2) is 12.1 Å². The SMILES string of the molecule is CC(C)C12CCCC(OO1)O2. The predicted octanol–water partition coefficient (Wildman–Crippen LogP) is 1.83. The Balaban J connectivity index is 2.13. The lowest BCUT2D eigenvalue weighted by atomic mass is 9.95. The van der Waals surface area contributed by atoms with E-state index in [0.717, 1.165) is 19.3 Å². The van der Waals surface area contributed by atoms with E-state index in [1.54, 1.807) is 0 Å². The lowest BCUT2D eigenvalue weighted by molar-refractivity contribution is -0.337. The Morgan fingerprint density at radius 1 is 1.45 bits per heavy atom. The van der Waals surface area contributed by atoms with E-state index in [4.69, 9.17) is 14.5 Å². The highest BCUT2D eigenvalue weighted by Crippen LogP contribution is 2.41. The van der Waals surface area contributed by atoms with Crippen LogP contribution in [0.2, 0.25) is 0 Å². The fourth-order valence-electron chi connectivity index (χ4n) is 1.64. The molecule has 2 bridgehead atoms. The van der Waals surface area contributed by atoms with Crippen molar-refractivity contribution in [3.63, 3.8) is 0 Å². The van der Waals surface area contributed by atoms with Gasteiger partial charge in [-0.3, -0.25) is 0 Å². The number of hydrogen-bond donors (Lipinski definition) is 0. The number of hydrogen-bond acceptors (Lipinski definition) is 3. The van der Waals surface area contributed by atoms with Crippen LogP contribution >= 0.6 is 0 Å². The van der Waals surface area contributed by atoms with Crippen molar-refractivity contribution in [1.29, 1.82) is 0 Å². The Labute approximate surface area is 66.6 Å². The Bertz CT molecular complexity index is 153. The van der Waals surface area contributed by atoms with Gasteiger partial charge in [0.15, 0.2) is 6.29 Å². The van der Waals surface area contributed by atoms with Gasteiger partial charge in [-0.15, -0.1) is 0 Å². The van der Waals surface area contributed by atoms with Gasteiger partial charge in [0, 0.05) is 18.8 Å². The third kappa shape index (κ3) is 1.08. The van der Waals surface area contributed by atoms with Gasteiger partial charge in [-0.05, 0) is 6.42 Å².